The molecule has 3 nitrogen and oxygen atoms in total. The normalized spacial score (nSPS) is 15.2. The Kier molecular flexibility index (Phi) is 6.33. The molecule has 1 aliphatic rings. The van der Waals surface area contributed by atoms with E-state index in [1.54, 1.807) is 0 Å². The molecule has 2 rings (SSSR count). The molecule has 0 atom stereocenters. The maximum absolute atomic E-state index is 11.7. The van der Waals surface area contributed by atoms with Crippen LogP contribution in [0.4, 0.5) is 0 Å². The van der Waals surface area contributed by atoms with E-state index in [1.165, 1.54) is 18.4 Å². The summed E-state index contributed by atoms with van der Waals surface area (Å²) >= 11 is 0. The van der Waals surface area contributed by atoms with Crippen LogP contribution in [0.1, 0.15) is 37.7 Å². The van der Waals surface area contributed by atoms with Gasteiger partial charge >= 0.3 is 0 Å². The zero-order valence-electron chi connectivity index (χ0n) is 10.9. The molecule has 100 valence electrons. The number of pyridine rings is 1. The standard InChI is InChI=1S/C14H20N2O.BrH/c1-12-6-9-16(10-7-12)11-8-14(17)15-13-4-2-3-5-13;/h6-7,9-10,13H,2-5,8,11H2,1H3;1H. The highest BCUT2D eigenvalue weighted by Crippen LogP contribution is 2.17. The predicted molar refractivity (Wildman–Crippen MR) is 66.4 cm³/mol. The van der Waals surface area contributed by atoms with Gasteiger partial charge in [0.2, 0.25) is 5.91 Å². The van der Waals surface area contributed by atoms with E-state index in [0.29, 0.717) is 12.5 Å². The summed E-state index contributed by atoms with van der Waals surface area (Å²) in [5.74, 6) is 0.185. The van der Waals surface area contributed by atoms with Crippen LogP contribution >= 0.6 is 0 Å². The fourth-order valence-electron chi connectivity index (χ4n) is 2.28. The Morgan fingerprint density at radius 3 is 2.56 bits per heavy atom. The molecular weight excluding hydrogens is 292 g/mol. The minimum absolute atomic E-state index is 0. The Morgan fingerprint density at radius 2 is 1.94 bits per heavy atom. The number of nitrogens with one attached hydrogen (secondary N) is 1. The minimum atomic E-state index is 0. The van der Waals surface area contributed by atoms with Crippen LogP contribution in [0.5, 0.6) is 0 Å². The van der Waals surface area contributed by atoms with E-state index in [9.17, 15) is 4.79 Å². The number of halogens is 1. The number of rotatable bonds is 4. The summed E-state index contributed by atoms with van der Waals surface area (Å²) in [5, 5.41) is 3.11. The Bertz CT molecular complexity index is 372. The van der Waals surface area contributed by atoms with Crippen LogP contribution in [0, 0.1) is 6.92 Å². The highest BCUT2D eigenvalue weighted by atomic mass is 79.9. The zero-order chi connectivity index (χ0) is 12.1. The SMILES string of the molecule is Cc1cc[n+](CCC(=O)NC2CCCC2)cc1.[Br-]. The Balaban J connectivity index is 0.00000162. The van der Waals surface area contributed by atoms with Crippen molar-refractivity contribution in [1.82, 2.24) is 5.32 Å². The van der Waals surface area contributed by atoms with Crippen LogP contribution in [0.15, 0.2) is 24.5 Å². The van der Waals surface area contributed by atoms with Gasteiger partial charge in [0.1, 0.15) is 0 Å². The molecule has 0 aromatic carbocycles. The van der Waals surface area contributed by atoms with Crippen molar-refractivity contribution in [2.24, 2.45) is 0 Å². The number of hydrogen-bond donors (Lipinski definition) is 1. The molecule has 1 aliphatic carbocycles. The smallest absolute Gasteiger partial charge is 0.226 e. The summed E-state index contributed by atoms with van der Waals surface area (Å²) in [6, 6.07) is 4.56. The first kappa shape index (κ1) is 15.2. The summed E-state index contributed by atoms with van der Waals surface area (Å²) < 4.78 is 2.06. The number of aromatic nitrogens is 1. The molecule has 1 fully saturated rings. The maximum Gasteiger partial charge on any atom is 0.226 e. The van der Waals surface area contributed by atoms with E-state index in [2.05, 4.69) is 28.9 Å². The van der Waals surface area contributed by atoms with E-state index in [-0.39, 0.29) is 22.9 Å². The van der Waals surface area contributed by atoms with Crippen molar-refractivity contribution in [2.45, 2.75) is 51.6 Å². The van der Waals surface area contributed by atoms with Crippen molar-refractivity contribution in [3.63, 3.8) is 0 Å². The van der Waals surface area contributed by atoms with Crippen LogP contribution in [0.2, 0.25) is 0 Å². The second-order valence-corrected chi connectivity index (χ2v) is 4.91. The fourth-order valence-corrected chi connectivity index (χ4v) is 2.28. The van der Waals surface area contributed by atoms with Gasteiger partial charge in [-0.25, -0.2) is 4.57 Å². The van der Waals surface area contributed by atoms with Crippen LogP contribution in [-0.4, -0.2) is 11.9 Å². The molecule has 0 radical (unpaired) electrons. The first-order chi connectivity index (χ1) is 8.24. The van der Waals surface area contributed by atoms with Crippen LogP contribution in [0.3, 0.4) is 0 Å². The number of hydrogen-bond acceptors (Lipinski definition) is 1. The topological polar surface area (TPSA) is 33.0 Å². The van der Waals surface area contributed by atoms with Crippen molar-refractivity contribution >= 4 is 5.91 Å². The van der Waals surface area contributed by atoms with Gasteiger partial charge in [0.15, 0.2) is 18.9 Å². The molecule has 1 amide bonds. The summed E-state index contributed by atoms with van der Waals surface area (Å²) in [7, 11) is 0. The molecular formula is C14H21BrN2O. The second-order valence-electron chi connectivity index (χ2n) is 4.91. The molecule has 18 heavy (non-hydrogen) atoms. The molecule has 1 N–H and O–H groups in total. The average Bonchev–Trinajstić information content (AvgIpc) is 2.81. The zero-order valence-corrected chi connectivity index (χ0v) is 12.4. The molecule has 0 spiro atoms. The quantitative estimate of drug-likeness (QED) is 0.692. The van der Waals surface area contributed by atoms with Gasteiger partial charge in [0.05, 0.1) is 6.42 Å². The Morgan fingerprint density at radius 1 is 1.33 bits per heavy atom. The van der Waals surface area contributed by atoms with Gasteiger partial charge < -0.3 is 22.3 Å². The van der Waals surface area contributed by atoms with Gasteiger partial charge in [-0.1, -0.05) is 12.8 Å². The number of aryl methyl sites for hydroxylation is 2. The lowest BCUT2D eigenvalue weighted by atomic mass is 10.2. The summed E-state index contributed by atoms with van der Waals surface area (Å²) in [5.41, 5.74) is 1.25. The van der Waals surface area contributed by atoms with Crippen molar-refractivity contribution < 1.29 is 26.3 Å². The highest BCUT2D eigenvalue weighted by Gasteiger charge is 2.17. The number of amides is 1. The van der Waals surface area contributed by atoms with E-state index < -0.39 is 0 Å². The third kappa shape index (κ3) is 4.77. The first-order valence-corrected chi connectivity index (χ1v) is 6.49. The van der Waals surface area contributed by atoms with Crippen molar-refractivity contribution in [2.75, 3.05) is 0 Å². The lowest BCUT2D eigenvalue weighted by Crippen LogP contribution is -3.00. The molecule has 4 heteroatoms. The van der Waals surface area contributed by atoms with Crippen molar-refractivity contribution in [3.8, 4) is 0 Å². The first-order valence-electron chi connectivity index (χ1n) is 6.49. The van der Waals surface area contributed by atoms with Gasteiger partial charge in [0, 0.05) is 18.2 Å². The van der Waals surface area contributed by atoms with Gasteiger partial charge in [-0.15, -0.1) is 0 Å². The Hall–Kier alpha value is -0.900. The Labute approximate surface area is 119 Å². The fraction of sp³-hybridized carbons (Fsp3) is 0.571. The third-order valence-electron chi connectivity index (χ3n) is 3.38. The summed E-state index contributed by atoms with van der Waals surface area (Å²) in [4.78, 5) is 11.7. The lowest BCUT2D eigenvalue weighted by molar-refractivity contribution is -0.695. The van der Waals surface area contributed by atoms with Gasteiger partial charge in [-0.3, -0.25) is 4.79 Å². The van der Waals surface area contributed by atoms with E-state index >= 15 is 0 Å². The van der Waals surface area contributed by atoms with Crippen LogP contribution < -0.4 is 26.9 Å². The second kappa shape index (κ2) is 7.52. The van der Waals surface area contributed by atoms with Gasteiger partial charge in [-0.05, 0) is 25.3 Å². The van der Waals surface area contributed by atoms with Crippen LogP contribution in [-0.2, 0) is 11.3 Å². The third-order valence-corrected chi connectivity index (χ3v) is 3.38. The maximum atomic E-state index is 11.7. The monoisotopic (exact) mass is 312 g/mol. The molecule has 1 saturated carbocycles. The average molecular weight is 313 g/mol. The van der Waals surface area contributed by atoms with Crippen molar-refractivity contribution in [3.05, 3.63) is 30.1 Å². The molecule has 1 aromatic rings. The van der Waals surface area contributed by atoms with Gasteiger partial charge in [0.25, 0.3) is 0 Å². The molecule has 0 unspecified atom stereocenters. The molecule has 1 heterocycles. The molecule has 0 aliphatic heterocycles. The predicted octanol–water partition coefficient (Wildman–Crippen LogP) is -1.26. The molecule has 1 aromatic heterocycles. The van der Waals surface area contributed by atoms with Crippen LogP contribution in [0.25, 0.3) is 0 Å². The van der Waals surface area contributed by atoms with E-state index in [1.807, 2.05) is 12.4 Å². The van der Waals surface area contributed by atoms with Crippen molar-refractivity contribution in [1.29, 1.82) is 0 Å². The minimum Gasteiger partial charge on any atom is -1.00 e. The van der Waals surface area contributed by atoms with E-state index in [4.69, 9.17) is 0 Å². The number of carbonyl (C=O) groups excluding carboxylic acids is 1. The lowest BCUT2D eigenvalue weighted by Gasteiger charge is -2.10. The largest absolute Gasteiger partial charge is 1.00 e. The number of nitrogens with zero attached hydrogens (tertiary/aromatic N) is 1. The highest BCUT2D eigenvalue weighted by molar-refractivity contribution is 5.76. The van der Waals surface area contributed by atoms with Gasteiger partial charge in [-0.2, -0.15) is 0 Å². The molecule has 0 saturated heterocycles. The van der Waals surface area contributed by atoms with E-state index in [0.717, 1.165) is 19.4 Å². The summed E-state index contributed by atoms with van der Waals surface area (Å²) in [6.07, 6.45) is 9.46. The number of carbonyl (C=O) groups is 1. The molecule has 0 bridgehead atoms. The summed E-state index contributed by atoms with van der Waals surface area (Å²) in [6.45, 7) is 2.83.